The molecule has 1 aliphatic carbocycles. The lowest BCUT2D eigenvalue weighted by Gasteiger charge is -2.47. The Bertz CT molecular complexity index is 447. The van der Waals surface area contributed by atoms with Gasteiger partial charge in [0.05, 0.1) is 43.2 Å². The molecule has 2 rings (SSSR count). The molecule has 0 radical (unpaired) electrons. The van der Waals surface area contributed by atoms with Gasteiger partial charge in [0.1, 0.15) is 6.61 Å². The molecule has 0 amide bonds. The lowest BCUT2D eigenvalue weighted by Crippen LogP contribution is -2.59. The van der Waals surface area contributed by atoms with Crippen molar-refractivity contribution in [3.8, 4) is 0 Å². The Morgan fingerprint density at radius 2 is 1.54 bits per heavy atom. The molecule has 2 fully saturated rings. The first-order chi connectivity index (χ1) is 13.0. The van der Waals surface area contributed by atoms with Gasteiger partial charge < -0.3 is 19.3 Å². The van der Waals surface area contributed by atoms with E-state index in [1.165, 1.54) is 0 Å². The van der Waals surface area contributed by atoms with Crippen molar-refractivity contribution >= 4 is 0 Å². The number of likely N-dealkylation sites (tertiary alicyclic amines) is 1. The van der Waals surface area contributed by atoms with Gasteiger partial charge in [0, 0.05) is 38.1 Å². The van der Waals surface area contributed by atoms with Crippen LogP contribution in [0.4, 0.5) is 0 Å². The van der Waals surface area contributed by atoms with Crippen LogP contribution in [0.25, 0.3) is 0 Å². The average Bonchev–Trinajstić information content (AvgIpc) is 2.46. The van der Waals surface area contributed by atoms with E-state index < -0.39 is 5.60 Å². The Labute approximate surface area is 170 Å². The van der Waals surface area contributed by atoms with Crippen LogP contribution < -0.4 is 0 Å². The van der Waals surface area contributed by atoms with Gasteiger partial charge in [-0.05, 0) is 48.0 Å². The predicted molar refractivity (Wildman–Crippen MR) is 107 cm³/mol. The zero-order valence-electron chi connectivity index (χ0n) is 18.7. The van der Waals surface area contributed by atoms with Crippen molar-refractivity contribution in [3.63, 3.8) is 0 Å². The lowest BCUT2D eigenvalue weighted by molar-refractivity contribution is -0.302. The lowest BCUT2D eigenvalue weighted by atomic mass is 9.78. The number of nitrogens with zero attached hydrogens (tertiary/aromatic N) is 1. The largest absolute Gasteiger partial charge is 0.387 e. The first-order valence-electron chi connectivity index (χ1n) is 10.6. The maximum atomic E-state index is 10.3. The number of ether oxygens (including phenoxy) is 3. The van der Waals surface area contributed by atoms with E-state index >= 15 is 0 Å². The van der Waals surface area contributed by atoms with Gasteiger partial charge in [-0.3, -0.25) is 4.90 Å². The van der Waals surface area contributed by atoms with E-state index in [0.29, 0.717) is 52.0 Å². The number of rotatable bonds is 12. The van der Waals surface area contributed by atoms with Crippen LogP contribution in [0.2, 0.25) is 0 Å². The maximum absolute atomic E-state index is 10.3. The molecule has 0 aromatic carbocycles. The maximum Gasteiger partial charge on any atom is 0.106 e. The van der Waals surface area contributed by atoms with E-state index in [4.69, 9.17) is 24.0 Å². The van der Waals surface area contributed by atoms with Crippen LogP contribution in [0.15, 0.2) is 0 Å². The van der Waals surface area contributed by atoms with Gasteiger partial charge in [0.25, 0.3) is 0 Å². The fraction of sp³-hybridized carbons (Fsp3) is 1.00. The summed E-state index contributed by atoms with van der Waals surface area (Å²) in [5.74, 6) is 0. The molecule has 0 atom stereocenters. The summed E-state index contributed by atoms with van der Waals surface area (Å²) in [6.45, 7) is 17.0. The molecule has 0 unspecified atom stereocenters. The Balaban J connectivity index is 1.34. The molecule has 7 nitrogen and oxygen atoms in total. The monoisotopic (exact) mass is 403 g/mol. The predicted octanol–water partition coefficient (Wildman–Crippen LogP) is 2.55. The molecule has 28 heavy (non-hydrogen) atoms. The van der Waals surface area contributed by atoms with Crippen LogP contribution >= 0.6 is 0 Å². The van der Waals surface area contributed by atoms with Crippen LogP contribution in [0.3, 0.4) is 0 Å². The Morgan fingerprint density at radius 3 is 2.14 bits per heavy atom. The molecule has 0 aromatic heterocycles. The molecule has 7 heteroatoms. The molecule has 1 aliphatic heterocycles. The summed E-state index contributed by atoms with van der Waals surface area (Å²) in [5, 5.41) is 10.3. The SMILES string of the molecule is CC(C)(C)OC1CC(O)(COCCOOCCCOC2CN(C(C)(C)C)C2)C1. The standard InChI is InChI=1S/C21H41NO6/c1-19(2,3)22-14-18(15-22)25-8-7-9-26-27-11-10-24-16-21(23)12-17(13-21)28-20(4,5)6/h17-18,23H,7-16H2,1-6H3. The normalized spacial score (nSPS) is 26.9. The average molecular weight is 404 g/mol. The van der Waals surface area contributed by atoms with Crippen molar-refractivity contribution in [3.05, 3.63) is 0 Å². The minimum atomic E-state index is -0.766. The Kier molecular flexibility index (Phi) is 8.70. The van der Waals surface area contributed by atoms with Crippen molar-refractivity contribution in [2.45, 2.75) is 89.8 Å². The summed E-state index contributed by atoms with van der Waals surface area (Å²) in [7, 11) is 0. The van der Waals surface area contributed by atoms with Gasteiger partial charge in [-0.25, -0.2) is 9.78 Å². The molecule has 0 aromatic rings. The summed E-state index contributed by atoms with van der Waals surface area (Å²) < 4.78 is 17.1. The highest BCUT2D eigenvalue weighted by atomic mass is 17.2. The van der Waals surface area contributed by atoms with E-state index in [2.05, 4.69) is 25.7 Å². The molecule has 0 bridgehead atoms. The third-order valence-corrected chi connectivity index (χ3v) is 5.02. The molecule has 0 spiro atoms. The minimum Gasteiger partial charge on any atom is -0.387 e. The fourth-order valence-electron chi connectivity index (χ4n) is 3.42. The smallest absolute Gasteiger partial charge is 0.106 e. The Morgan fingerprint density at radius 1 is 0.893 bits per heavy atom. The van der Waals surface area contributed by atoms with Gasteiger partial charge in [-0.15, -0.1) is 0 Å². The first-order valence-corrected chi connectivity index (χ1v) is 10.6. The summed E-state index contributed by atoms with van der Waals surface area (Å²) in [6, 6.07) is 0. The topological polar surface area (TPSA) is 69.6 Å². The second-order valence-corrected chi connectivity index (χ2v) is 10.1. The zero-order chi connectivity index (χ0) is 20.8. The molecule has 1 N–H and O–H groups in total. The second kappa shape index (κ2) is 10.2. The zero-order valence-corrected chi connectivity index (χ0v) is 18.7. The summed E-state index contributed by atoms with van der Waals surface area (Å²) in [4.78, 5) is 12.6. The van der Waals surface area contributed by atoms with Gasteiger partial charge in [-0.1, -0.05) is 0 Å². The highest BCUT2D eigenvalue weighted by Crippen LogP contribution is 2.36. The van der Waals surface area contributed by atoms with E-state index in [0.717, 1.165) is 19.5 Å². The van der Waals surface area contributed by atoms with Crippen molar-refractivity contribution in [1.82, 2.24) is 4.90 Å². The third-order valence-electron chi connectivity index (χ3n) is 5.02. The Hall–Kier alpha value is -0.280. The first kappa shape index (κ1) is 24.0. The third kappa shape index (κ3) is 8.61. The number of aliphatic hydroxyl groups is 1. The fourth-order valence-corrected chi connectivity index (χ4v) is 3.42. The quantitative estimate of drug-likeness (QED) is 0.305. The van der Waals surface area contributed by atoms with Gasteiger partial charge in [-0.2, -0.15) is 0 Å². The van der Waals surface area contributed by atoms with Crippen LogP contribution in [0.1, 0.15) is 60.8 Å². The molecule has 2 aliphatic rings. The molecule has 1 saturated carbocycles. The van der Waals surface area contributed by atoms with Crippen molar-refractivity contribution in [1.29, 1.82) is 0 Å². The molecular formula is C21H41NO6. The summed E-state index contributed by atoms with van der Waals surface area (Å²) in [5.41, 5.74) is -0.707. The molecule has 1 saturated heterocycles. The molecular weight excluding hydrogens is 362 g/mol. The highest BCUT2D eigenvalue weighted by Gasteiger charge is 2.45. The van der Waals surface area contributed by atoms with Gasteiger partial charge >= 0.3 is 0 Å². The van der Waals surface area contributed by atoms with Crippen molar-refractivity contribution < 1.29 is 29.1 Å². The van der Waals surface area contributed by atoms with Crippen LogP contribution in [-0.2, 0) is 24.0 Å². The molecule has 1 heterocycles. The second-order valence-electron chi connectivity index (χ2n) is 10.1. The van der Waals surface area contributed by atoms with Crippen LogP contribution in [-0.4, -0.2) is 85.1 Å². The van der Waals surface area contributed by atoms with Crippen LogP contribution in [0.5, 0.6) is 0 Å². The number of hydrogen-bond donors (Lipinski definition) is 1. The van der Waals surface area contributed by atoms with E-state index in [1.54, 1.807) is 0 Å². The van der Waals surface area contributed by atoms with Crippen LogP contribution in [0, 0.1) is 0 Å². The highest BCUT2D eigenvalue weighted by molar-refractivity contribution is 4.96. The summed E-state index contributed by atoms with van der Waals surface area (Å²) in [6.07, 6.45) is 2.51. The number of hydrogen-bond acceptors (Lipinski definition) is 7. The van der Waals surface area contributed by atoms with Gasteiger partial charge in [0.15, 0.2) is 0 Å². The summed E-state index contributed by atoms with van der Waals surface area (Å²) >= 11 is 0. The van der Waals surface area contributed by atoms with E-state index in [-0.39, 0.29) is 17.2 Å². The van der Waals surface area contributed by atoms with E-state index in [1.807, 2.05) is 20.8 Å². The van der Waals surface area contributed by atoms with Gasteiger partial charge in [0.2, 0.25) is 0 Å². The minimum absolute atomic E-state index is 0.117. The van der Waals surface area contributed by atoms with E-state index in [9.17, 15) is 5.11 Å². The van der Waals surface area contributed by atoms with Crippen molar-refractivity contribution in [2.24, 2.45) is 0 Å². The molecule has 166 valence electrons. The van der Waals surface area contributed by atoms with Crippen molar-refractivity contribution in [2.75, 3.05) is 46.1 Å².